The third-order valence-electron chi connectivity index (χ3n) is 2.96. The Morgan fingerprint density at radius 2 is 1.90 bits per heavy atom. The van der Waals surface area contributed by atoms with Crippen molar-refractivity contribution in [3.8, 4) is 6.07 Å². The van der Waals surface area contributed by atoms with Crippen LogP contribution in [0.4, 0.5) is 22.7 Å². The third kappa shape index (κ3) is 3.48. The van der Waals surface area contributed by atoms with Gasteiger partial charge < -0.3 is 10.6 Å². The fourth-order valence-corrected chi connectivity index (χ4v) is 2.06. The molecule has 0 spiro atoms. The lowest BCUT2D eigenvalue weighted by Gasteiger charge is -2.24. The van der Waals surface area contributed by atoms with Crippen molar-refractivity contribution in [1.82, 2.24) is 0 Å². The molecular weight excluding hydrogens is 268 g/mol. The molecule has 0 heterocycles. The SMILES string of the molecule is N#CCCN(c1ccccc1)c1cc(N)cc([N+](=O)[O-])c1. The number of anilines is 3. The summed E-state index contributed by atoms with van der Waals surface area (Å²) in [6.45, 7) is 0.432. The number of non-ortho nitro benzene ring substituents is 1. The molecule has 2 aromatic rings. The number of rotatable bonds is 5. The summed E-state index contributed by atoms with van der Waals surface area (Å²) in [6.07, 6.45) is 0.303. The Labute approximate surface area is 122 Å². The third-order valence-corrected chi connectivity index (χ3v) is 2.96. The summed E-state index contributed by atoms with van der Waals surface area (Å²) >= 11 is 0. The zero-order valence-corrected chi connectivity index (χ0v) is 11.3. The molecule has 6 heteroatoms. The van der Waals surface area contributed by atoms with Crippen LogP contribution < -0.4 is 10.6 Å². The van der Waals surface area contributed by atoms with E-state index >= 15 is 0 Å². The van der Waals surface area contributed by atoms with Gasteiger partial charge in [-0.25, -0.2) is 0 Å². The van der Waals surface area contributed by atoms with Gasteiger partial charge in [-0.05, 0) is 18.2 Å². The van der Waals surface area contributed by atoms with E-state index in [9.17, 15) is 10.1 Å². The molecule has 0 saturated heterocycles. The number of nitriles is 1. The van der Waals surface area contributed by atoms with Crippen LogP contribution in [0.1, 0.15) is 6.42 Å². The standard InChI is InChI=1S/C15H14N4O2/c16-7-4-8-18(13-5-2-1-3-6-13)14-9-12(17)10-15(11-14)19(20)21/h1-3,5-6,9-11H,4,8,17H2. The first-order valence-corrected chi connectivity index (χ1v) is 6.36. The fourth-order valence-electron chi connectivity index (χ4n) is 2.06. The maximum atomic E-state index is 11.0. The van der Waals surface area contributed by atoms with Crippen LogP contribution in [0, 0.1) is 21.4 Å². The first-order chi connectivity index (χ1) is 10.1. The molecule has 0 unspecified atom stereocenters. The van der Waals surface area contributed by atoms with Crippen molar-refractivity contribution in [3.05, 3.63) is 58.6 Å². The molecule has 0 bridgehead atoms. The van der Waals surface area contributed by atoms with Gasteiger partial charge in [0.1, 0.15) is 0 Å². The Morgan fingerprint density at radius 1 is 1.19 bits per heavy atom. The van der Waals surface area contributed by atoms with Gasteiger partial charge in [0.05, 0.1) is 23.1 Å². The maximum absolute atomic E-state index is 11.0. The molecule has 106 valence electrons. The highest BCUT2D eigenvalue weighted by Gasteiger charge is 2.14. The molecule has 0 aliphatic heterocycles. The summed E-state index contributed by atoms with van der Waals surface area (Å²) in [5, 5.41) is 19.8. The summed E-state index contributed by atoms with van der Waals surface area (Å²) in [4.78, 5) is 12.3. The number of para-hydroxylation sites is 1. The van der Waals surface area contributed by atoms with E-state index in [0.717, 1.165) is 5.69 Å². The number of nitrogen functional groups attached to an aromatic ring is 1. The Morgan fingerprint density at radius 3 is 2.52 bits per heavy atom. The molecule has 0 amide bonds. The lowest BCUT2D eigenvalue weighted by atomic mass is 10.2. The Hall–Kier alpha value is -3.07. The lowest BCUT2D eigenvalue weighted by molar-refractivity contribution is -0.384. The molecule has 2 aromatic carbocycles. The number of hydrogen-bond donors (Lipinski definition) is 1. The van der Waals surface area contributed by atoms with Crippen LogP contribution in [-0.4, -0.2) is 11.5 Å². The van der Waals surface area contributed by atoms with Crippen LogP contribution in [0.15, 0.2) is 48.5 Å². The van der Waals surface area contributed by atoms with Gasteiger partial charge in [-0.2, -0.15) is 5.26 Å². The first-order valence-electron chi connectivity index (χ1n) is 6.36. The molecule has 0 aliphatic carbocycles. The largest absolute Gasteiger partial charge is 0.398 e. The molecular formula is C15H14N4O2. The summed E-state index contributed by atoms with van der Waals surface area (Å²) in [5.74, 6) is 0. The Bertz CT molecular complexity index is 680. The topological polar surface area (TPSA) is 96.2 Å². The monoisotopic (exact) mass is 282 g/mol. The molecule has 0 atom stereocenters. The highest BCUT2D eigenvalue weighted by Crippen LogP contribution is 2.30. The van der Waals surface area contributed by atoms with E-state index in [-0.39, 0.29) is 5.69 Å². The average molecular weight is 282 g/mol. The van der Waals surface area contributed by atoms with Crippen LogP contribution in [0.25, 0.3) is 0 Å². The molecule has 0 aliphatic rings. The van der Waals surface area contributed by atoms with E-state index < -0.39 is 4.92 Å². The van der Waals surface area contributed by atoms with E-state index in [1.165, 1.54) is 12.1 Å². The summed E-state index contributed by atoms with van der Waals surface area (Å²) in [5.41, 5.74) is 7.45. The number of nitrogens with zero attached hydrogens (tertiary/aromatic N) is 3. The Kier molecular flexibility index (Phi) is 4.36. The van der Waals surface area contributed by atoms with Crippen LogP contribution in [-0.2, 0) is 0 Å². The van der Waals surface area contributed by atoms with Gasteiger partial charge in [0.15, 0.2) is 0 Å². The van der Waals surface area contributed by atoms with Crippen LogP contribution in [0.5, 0.6) is 0 Å². The zero-order valence-electron chi connectivity index (χ0n) is 11.3. The molecule has 2 N–H and O–H groups in total. The van der Waals surface area contributed by atoms with E-state index in [4.69, 9.17) is 11.0 Å². The van der Waals surface area contributed by atoms with Crippen LogP contribution >= 0.6 is 0 Å². The number of hydrogen-bond acceptors (Lipinski definition) is 5. The van der Waals surface area contributed by atoms with Crippen molar-refractivity contribution in [2.75, 3.05) is 17.2 Å². The molecule has 21 heavy (non-hydrogen) atoms. The number of nitrogens with two attached hydrogens (primary N) is 1. The van der Waals surface area contributed by atoms with E-state index in [1.54, 1.807) is 6.07 Å². The van der Waals surface area contributed by atoms with E-state index in [2.05, 4.69) is 6.07 Å². The zero-order chi connectivity index (χ0) is 15.2. The van der Waals surface area contributed by atoms with Gasteiger partial charge >= 0.3 is 0 Å². The van der Waals surface area contributed by atoms with Gasteiger partial charge in [0, 0.05) is 30.1 Å². The highest BCUT2D eigenvalue weighted by atomic mass is 16.6. The smallest absolute Gasteiger partial charge is 0.273 e. The van der Waals surface area contributed by atoms with Crippen molar-refractivity contribution in [2.45, 2.75) is 6.42 Å². The minimum atomic E-state index is -0.479. The summed E-state index contributed by atoms with van der Waals surface area (Å²) in [6, 6.07) is 15.9. The molecule has 0 saturated carbocycles. The average Bonchev–Trinajstić information content (AvgIpc) is 2.48. The number of nitro benzene ring substituents is 1. The minimum Gasteiger partial charge on any atom is -0.398 e. The van der Waals surface area contributed by atoms with Crippen molar-refractivity contribution in [2.24, 2.45) is 0 Å². The first kappa shape index (κ1) is 14.3. The molecule has 6 nitrogen and oxygen atoms in total. The van der Waals surface area contributed by atoms with Gasteiger partial charge in [0.2, 0.25) is 0 Å². The summed E-state index contributed by atoms with van der Waals surface area (Å²) in [7, 11) is 0. The van der Waals surface area contributed by atoms with Gasteiger partial charge in [-0.1, -0.05) is 18.2 Å². The van der Waals surface area contributed by atoms with Crippen molar-refractivity contribution in [1.29, 1.82) is 5.26 Å². The van der Waals surface area contributed by atoms with Crippen molar-refractivity contribution >= 4 is 22.7 Å². The highest BCUT2D eigenvalue weighted by molar-refractivity contribution is 5.70. The van der Waals surface area contributed by atoms with E-state index in [0.29, 0.717) is 24.3 Å². The van der Waals surface area contributed by atoms with E-state index in [1.807, 2.05) is 35.2 Å². The number of benzene rings is 2. The normalized spacial score (nSPS) is 9.86. The second-order valence-corrected chi connectivity index (χ2v) is 4.44. The van der Waals surface area contributed by atoms with Gasteiger partial charge in [-0.3, -0.25) is 10.1 Å². The van der Waals surface area contributed by atoms with Gasteiger partial charge in [-0.15, -0.1) is 0 Å². The van der Waals surface area contributed by atoms with Crippen LogP contribution in [0.2, 0.25) is 0 Å². The molecule has 0 radical (unpaired) electrons. The predicted octanol–water partition coefficient (Wildman–Crippen LogP) is 3.23. The Balaban J connectivity index is 2.46. The van der Waals surface area contributed by atoms with Crippen molar-refractivity contribution in [3.63, 3.8) is 0 Å². The summed E-state index contributed by atoms with van der Waals surface area (Å²) < 4.78 is 0. The molecule has 0 aromatic heterocycles. The number of nitro groups is 1. The second-order valence-electron chi connectivity index (χ2n) is 4.44. The quantitative estimate of drug-likeness (QED) is 0.516. The molecule has 0 fully saturated rings. The van der Waals surface area contributed by atoms with Crippen molar-refractivity contribution < 1.29 is 4.92 Å². The second kappa shape index (κ2) is 6.39. The predicted molar refractivity (Wildman–Crippen MR) is 81.2 cm³/mol. The van der Waals surface area contributed by atoms with Crippen LogP contribution in [0.3, 0.4) is 0 Å². The minimum absolute atomic E-state index is 0.0668. The van der Waals surface area contributed by atoms with Gasteiger partial charge in [0.25, 0.3) is 5.69 Å². The lowest BCUT2D eigenvalue weighted by Crippen LogP contribution is -2.18. The fraction of sp³-hybridized carbons (Fsp3) is 0.133. The maximum Gasteiger partial charge on any atom is 0.273 e. The molecule has 2 rings (SSSR count).